The maximum atomic E-state index is 12.5. The maximum absolute atomic E-state index is 12.5. The Kier molecular flexibility index (Phi) is 5.40. The minimum absolute atomic E-state index is 0.154. The molecule has 27 heavy (non-hydrogen) atoms. The third-order valence-electron chi connectivity index (χ3n) is 5.47. The van der Waals surface area contributed by atoms with Gasteiger partial charge in [0.15, 0.2) is 11.6 Å². The number of anilines is 1. The fraction of sp³-hybridized carbons (Fsp3) is 0.611. The first-order chi connectivity index (χ1) is 13.2. The van der Waals surface area contributed by atoms with E-state index in [2.05, 4.69) is 37.3 Å². The highest BCUT2D eigenvalue weighted by Crippen LogP contribution is 2.19. The van der Waals surface area contributed by atoms with Gasteiger partial charge in [-0.1, -0.05) is 0 Å². The summed E-state index contributed by atoms with van der Waals surface area (Å²) in [4.78, 5) is 23.4. The number of piperazine rings is 1. The molecule has 0 atom stereocenters. The third-order valence-corrected chi connectivity index (χ3v) is 5.47. The number of H-pyrrole nitrogens is 1. The number of likely N-dealkylation sites (tertiary alicyclic amines) is 1. The van der Waals surface area contributed by atoms with Gasteiger partial charge in [-0.15, -0.1) is 5.10 Å². The van der Waals surface area contributed by atoms with Gasteiger partial charge in [-0.05, 0) is 51.0 Å². The maximum Gasteiger partial charge on any atom is 0.324 e. The van der Waals surface area contributed by atoms with Crippen LogP contribution in [0.15, 0.2) is 22.8 Å². The van der Waals surface area contributed by atoms with Gasteiger partial charge in [0.2, 0.25) is 0 Å². The van der Waals surface area contributed by atoms with Crippen molar-refractivity contribution in [2.45, 2.75) is 12.8 Å². The predicted octanol–water partition coefficient (Wildman–Crippen LogP) is 1.56. The Hall–Kier alpha value is -2.39. The highest BCUT2D eigenvalue weighted by atomic mass is 16.3. The van der Waals surface area contributed by atoms with E-state index in [9.17, 15) is 4.79 Å². The Morgan fingerprint density at radius 1 is 1.26 bits per heavy atom. The van der Waals surface area contributed by atoms with Crippen LogP contribution in [0, 0.1) is 5.92 Å². The second-order valence-corrected chi connectivity index (χ2v) is 7.45. The van der Waals surface area contributed by atoms with E-state index in [1.807, 2.05) is 4.90 Å². The fourth-order valence-electron chi connectivity index (χ4n) is 3.76. The average Bonchev–Trinajstić information content (AvgIpc) is 3.36. The number of carbonyl (C=O) groups is 1. The summed E-state index contributed by atoms with van der Waals surface area (Å²) >= 11 is 0. The highest BCUT2D eigenvalue weighted by molar-refractivity contribution is 5.87. The standard InChI is InChI=1S/C18H27N7O2/c1-23-6-4-14(5-7-23)13-24-8-10-25(11-9-24)18(26)20-17-19-16(21-22-17)15-3-2-12-27-15/h2-3,12,14H,4-11,13H2,1H3,(H2,19,20,21,22,26). The summed E-state index contributed by atoms with van der Waals surface area (Å²) in [7, 11) is 2.19. The first-order valence-corrected chi connectivity index (χ1v) is 9.60. The minimum atomic E-state index is -0.154. The molecule has 2 N–H and O–H groups in total. The van der Waals surface area contributed by atoms with Crippen molar-refractivity contribution in [2.24, 2.45) is 5.92 Å². The van der Waals surface area contributed by atoms with Crippen LogP contribution in [0.2, 0.25) is 0 Å². The van der Waals surface area contributed by atoms with E-state index in [-0.39, 0.29) is 12.0 Å². The second-order valence-electron chi connectivity index (χ2n) is 7.45. The Balaban J connectivity index is 1.23. The van der Waals surface area contributed by atoms with Crippen molar-refractivity contribution >= 4 is 12.0 Å². The van der Waals surface area contributed by atoms with E-state index in [0.29, 0.717) is 11.6 Å². The molecular weight excluding hydrogens is 346 g/mol. The molecule has 2 aromatic rings. The van der Waals surface area contributed by atoms with E-state index < -0.39 is 0 Å². The summed E-state index contributed by atoms with van der Waals surface area (Å²) in [5.74, 6) is 2.14. The number of piperidine rings is 1. The van der Waals surface area contributed by atoms with Crippen LogP contribution in [0.4, 0.5) is 10.7 Å². The number of urea groups is 1. The van der Waals surface area contributed by atoms with Crippen LogP contribution in [0.3, 0.4) is 0 Å². The zero-order valence-corrected chi connectivity index (χ0v) is 15.7. The number of aromatic amines is 1. The molecule has 2 fully saturated rings. The van der Waals surface area contributed by atoms with Crippen LogP contribution in [-0.4, -0.2) is 88.8 Å². The number of hydrogen-bond acceptors (Lipinski definition) is 6. The molecule has 4 heterocycles. The van der Waals surface area contributed by atoms with Crippen molar-refractivity contribution in [1.82, 2.24) is 29.9 Å². The van der Waals surface area contributed by atoms with Gasteiger partial charge in [0.1, 0.15) is 0 Å². The average molecular weight is 373 g/mol. The molecule has 0 aliphatic carbocycles. The molecule has 0 aromatic carbocycles. The summed E-state index contributed by atoms with van der Waals surface area (Å²) in [5, 5.41) is 9.57. The predicted molar refractivity (Wildman–Crippen MR) is 101 cm³/mol. The van der Waals surface area contributed by atoms with E-state index in [1.54, 1.807) is 18.4 Å². The zero-order chi connectivity index (χ0) is 18.6. The van der Waals surface area contributed by atoms with Gasteiger partial charge in [-0.2, -0.15) is 4.98 Å². The van der Waals surface area contributed by atoms with Crippen LogP contribution >= 0.6 is 0 Å². The molecule has 0 spiro atoms. The van der Waals surface area contributed by atoms with Crippen LogP contribution in [0.5, 0.6) is 0 Å². The summed E-state index contributed by atoms with van der Waals surface area (Å²) in [6, 6.07) is 3.41. The summed E-state index contributed by atoms with van der Waals surface area (Å²) in [6.07, 6.45) is 4.13. The third kappa shape index (κ3) is 4.48. The van der Waals surface area contributed by atoms with Crippen molar-refractivity contribution in [3.05, 3.63) is 18.4 Å². The topological polar surface area (TPSA) is 93.5 Å². The van der Waals surface area contributed by atoms with Crippen LogP contribution < -0.4 is 5.32 Å². The van der Waals surface area contributed by atoms with Crippen molar-refractivity contribution in [3.63, 3.8) is 0 Å². The Bertz CT molecular complexity index is 729. The summed E-state index contributed by atoms with van der Waals surface area (Å²) in [5.41, 5.74) is 0. The van der Waals surface area contributed by atoms with Gasteiger partial charge in [-0.3, -0.25) is 15.3 Å². The normalized spacial score (nSPS) is 20.1. The lowest BCUT2D eigenvalue weighted by atomic mass is 9.96. The number of rotatable bonds is 4. The highest BCUT2D eigenvalue weighted by Gasteiger charge is 2.25. The quantitative estimate of drug-likeness (QED) is 0.845. The van der Waals surface area contributed by atoms with Crippen molar-refractivity contribution in [2.75, 3.05) is 58.2 Å². The van der Waals surface area contributed by atoms with E-state index >= 15 is 0 Å². The SMILES string of the molecule is CN1CCC(CN2CCN(C(=O)Nc3n[nH]c(-c4ccco4)n3)CC2)CC1. The number of amides is 2. The fourth-order valence-corrected chi connectivity index (χ4v) is 3.76. The molecule has 2 aromatic heterocycles. The first-order valence-electron chi connectivity index (χ1n) is 9.60. The lowest BCUT2D eigenvalue weighted by Gasteiger charge is -2.38. The Labute approximate surface area is 158 Å². The van der Waals surface area contributed by atoms with Crippen LogP contribution in [0.1, 0.15) is 12.8 Å². The molecule has 0 unspecified atom stereocenters. The lowest BCUT2D eigenvalue weighted by Crippen LogP contribution is -2.51. The van der Waals surface area contributed by atoms with Gasteiger partial charge < -0.3 is 14.2 Å². The number of carbonyl (C=O) groups excluding carboxylic acids is 1. The van der Waals surface area contributed by atoms with E-state index in [4.69, 9.17) is 4.42 Å². The molecule has 2 saturated heterocycles. The molecule has 146 valence electrons. The molecule has 9 nitrogen and oxygen atoms in total. The lowest BCUT2D eigenvalue weighted by molar-refractivity contribution is 0.113. The largest absolute Gasteiger partial charge is 0.461 e. The van der Waals surface area contributed by atoms with Gasteiger partial charge >= 0.3 is 6.03 Å². The molecule has 2 aliphatic rings. The van der Waals surface area contributed by atoms with E-state index in [1.165, 1.54) is 25.9 Å². The van der Waals surface area contributed by atoms with Crippen molar-refractivity contribution < 1.29 is 9.21 Å². The van der Waals surface area contributed by atoms with Crippen LogP contribution in [-0.2, 0) is 0 Å². The van der Waals surface area contributed by atoms with Crippen molar-refractivity contribution in [3.8, 4) is 11.6 Å². The Morgan fingerprint density at radius 2 is 2.04 bits per heavy atom. The molecule has 2 aliphatic heterocycles. The Morgan fingerprint density at radius 3 is 2.74 bits per heavy atom. The summed E-state index contributed by atoms with van der Waals surface area (Å²) < 4.78 is 5.27. The number of nitrogens with zero attached hydrogens (tertiary/aromatic N) is 5. The van der Waals surface area contributed by atoms with Crippen molar-refractivity contribution in [1.29, 1.82) is 0 Å². The molecule has 0 saturated carbocycles. The smallest absolute Gasteiger partial charge is 0.324 e. The van der Waals surface area contributed by atoms with Gasteiger partial charge in [0.25, 0.3) is 5.95 Å². The molecule has 4 rings (SSSR count). The van der Waals surface area contributed by atoms with Gasteiger partial charge in [0.05, 0.1) is 6.26 Å². The minimum Gasteiger partial charge on any atom is -0.461 e. The first kappa shape index (κ1) is 18.0. The van der Waals surface area contributed by atoms with Crippen LogP contribution in [0.25, 0.3) is 11.6 Å². The van der Waals surface area contributed by atoms with E-state index in [0.717, 1.165) is 38.6 Å². The number of aromatic nitrogens is 3. The summed E-state index contributed by atoms with van der Waals surface area (Å²) in [6.45, 7) is 6.85. The zero-order valence-electron chi connectivity index (χ0n) is 15.7. The molecular formula is C18H27N7O2. The molecule has 0 radical (unpaired) electrons. The second kappa shape index (κ2) is 8.10. The molecule has 2 amide bonds. The van der Waals surface area contributed by atoms with Gasteiger partial charge in [-0.25, -0.2) is 4.79 Å². The number of hydrogen-bond donors (Lipinski definition) is 2. The molecule has 0 bridgehead atoms. The number of furan rings is 1. The monoisotopic (exact) mass is 373 g/mol. The van der Waals surface area contributed by atoms with Gasteiger partial charge in [0, 0.05) is 32.7 Å². The molecule has 9 heteroatoms. The number of nitrogens with one attached hydrogen (secondary N) is 2.